The minimum absolute atomic E-state index is 0.138. The number of hydrogen-bond acceptors (Lipinski definition) is 3. The van der Waals surface area contributed by atoms with Gasteiger partial charge >= 0.3 is 0 Å². The number of ketones is 1. The average Bonchev–Trinajstić information content (AvgIpc) is 3.25. The highest BCUT2D eigenvalue weighted by molar-refractivity contribution is 6.40. The Morgan fingerprint density at radius 3 is 2.72 bits per heavy atom. The molecule has 0 N–H and O–H groups in total. The van der Waals surface area contributed by atoms with Crippen molar-refractivity contribution in [1.29, 1.82) is 0 Å². The second kappa shape index (κ2) is 8.59. The van der Waals surface area contributed by atoms with E-state index in [1.54, 1.807) is 6.07 Å². The summed E-state index contributed by atoms with van der Waals surface area (Å²) >= 11 is 0. The van der Waals surface area contributed by atoms with Gasteiger partial charge in [0.15, 0.2) is 5.78 Å². The molecule has 0 bridgehead atoms. The molecule has 0 aromatic heterocycles. The lowest BCUT2D eigenvalue weighted by Gasteiger charge is -2.24. The van der Waals surface area contributed by atoms with Crippen molar-refractivity contribution in [2.75, 3.05) is 6.54 Å². The number of hydrazone groups is 1. The van der Waals surface area contributed by atoms with Gasteiger partial charge in [-0.1, -0.05) is 63.6 Å². The number of nitrogens with zero attached hydrogens (tertiary/aromatic N) is 2. The Morgan fingerprint density at radius 1 is 1.24 bits per heavy atom. The Labute approximate surface area is 150 Å². The van der Waals surface area contributed by atoms with E-state index >= 15 is 0 Å². The number of unbranched alkanes of at least 4 members (excludes halogenated alkanes) is 2. The zero-order chi connectivity index (χ0) is 17.6. The minimum Gasteiger partial charge on any atom is -0.293 e. The number of benzene rings is 1. The smallest absolute Gasteiger partial charge is 0.179 e. The monoisotopic (exact) mass is 344 g/mol. The summed E-state index contributed by atoms with van der Waals surface area (Å²) in [6, 6.07) is 6.76. The molecule has 25 heavy (non-hydrogen) atoms. The molecule has 3 rings (SSSR count). The second-order valence-electron chi connectivity index (χ2n) is 7.44. The molecule has 1 heterocycles. The number of rotatable bonds is 8. The second-order valence-corrected chi connectivity index (χ2v) is 7.44. The number of halogens is 1. The molecule has 3 nitrogen and oxygen atoms in total. The highest BCUT2D eigenvalue weighted by atomic mass is 19.1. The van der Waals surface area contributed by atoms with Crippen LogP contribution in [0, 0.1) is 11.7 Å². The standard InChI is InChI=1S/C21H29FN2O/c1-2-3-8-13-24-20(17-11-6-7-12-18(17)22)15-19(23-24)21(25)14-16-9-4-5-10-16/h6-7,11-12,16,20H,2-5,8-10,13-15H2,1H3. The summed E-state index contributed by atoms with van der Waals surface area (Å²) < 4.78 is 14.3. The summed E-state index contributed by atoms with van der Waals surface area (Å²) in [5, 5.41) is 6.59. The third-order valence-corrected chi connectivity index (χ3v) is 5.52. The third kappa shape index (κ3) is 4.47. The van der Waals surface area contributed by atoms with Crippen LogP contribution in [0.15, 0.2) is 29.4 Å². The van der Waals surface area contributed by atoms with Gasteiger partial charge in [0.2, 0.25) is 0 Å². The van der Waals surface area contributed by atoms with Crippen molar-refractivity contribution < 1.29 is 9.18 Å². The molecule has 1 aliphatic heterocycles. The molecular weight excluding hydrogens is 315 g/mol. The Bertz CT molecular complexity index is 622. The van der Waals surface area contributed by atoms with Crippen molar-refractivity contribution in [3.63, 3.8) is 0 Å². The van der Waals surface area contributed by atoms with Crippen LogP contribution in [0.4, 0.5) is 4.39 Å². The average molecular weight is 344 g/mol. The van der Waals surface area contributed by atoms with E-state index in [0.29, 0.717) is 30.0 Å². The molecule has 2 aliphatic rings. The van der Waals surface area contributed by atoms with Gasteiger partial charge in [-0.25, -0.2) is 4.39 Å². The van der Waals surface area contributed by atoms with Gasteiger partial charge in [-0.05, 0) is 18.4 Å². The zero-order valence-corrected chi connectivity index (χ0v) is 15.2. The number of carbonyl (C=O) groups is 1. The van der Waals surface area contributed by atoms with E-state index in [-0.39, 0.29) is 17.6 Å². The van der Waals surface area contributed by atoms with Crippen LogP contribution < -0.4 is 0 Å². The SMILES string of the molecule is CCCCCN1N=C(C(=O)CC2CCCC2)CC1c1ccccc1F. The molecule has 1 atom stereocenters. The van der Waals surface area contributed by atoms with E-state index in [2.05, 4.69) is 12.0 Å². The first-order valence-electron chi connectivity index (χ1n) is 9.80. The molecule has 1 aliphatic carbocycles. The Hall–Kier alpha value is -1.71. The van der Waals surface area contributed by atoms with Crippen LogP contribution in [0.2, 0.25) is 0 Å². The molecule has 4 heteroatoms. The van der Waals surface area contributed by atoms with Gasteiger partial charge in [0.25, 0.3) is 0 Å². The quantitative estimate of drug-likeness (QED) is 0.602. The predicted octanol–water partition coefficient (Wildman–Crippen LogP) is 5.27. The van der Waals surface area contributed by atoms with Crippen molar-refractivity contribution in [2.24, 2.45) is 11.0 Å². The first-order chi connectivity index (χ1) is 12.2. The summed E-state index contributed by atoms with van der Waals surface area (Å²) in [6.07, 6.45) is 9.25. The van der Waals surface area contributed by atoms with Gasteiger partial charge in [0, 0.05) is 24.9 Å². The fourth-order valence-electron chi connectivity index (χ4n) is 4.06. The molecule has 0 spiro atoms. The van der Waals surface area contributed by atoms with Crippen molar-refractivity contribution in [1.82, 2.24) is 5.01 Å². The van der Waals surface area contributed by atoms with Crippen LogP contribution >= 0.6 is 0 Å². The predicted molar refractivity (Wildman–Crippen MR) is 99.0 cm³/mol. The molecule has 1 fully saturated rings. The molecule has 1 unspecified atom stereocenters. The normalized spacial score (nSPS) is 21.0. The Morgan fingerprint density at radius 2 is 2.00 bits per heavy atom. The lowest BCUT2D eigenvalue weighted by atomic mass is 9.94. The number of hydrogen-bond donors (Lipinski definition) is 0. The summed E-state index contributed by atoms with van der Waals surface area (Å²) in [7, 11) is 0. The van der Waals surface area contributed by atoms with E-state index in [4.69, 9.17) is 0 Å². The fraction of sp³-hybridized carbons (Fsp3) is 0.619. The van der Waals surface area contributed by atoms with Crippen molar-refractivity contribution in [3.05, 3.63) is 35.6 Å². The van der Waals surface area contributed by atoms with Crippen LogP contribution in [0.25, 0.3) is 0 Å². The lowest BCUT2D eigenvalue weighted by molar-refractivity contribution is -0.113. The van der Waals surface area contributed by atoms with E-state index in [9.17, 15) is 9.18 Å². The third-order valence-electron chi connectivity index (χ3n) is 5.52. The summed E-state index contributed by atoms with van der Waals surface area (Å²) in [4.78, 5) is 12.7. The van der Waals surface area contributed by atoms with Gasteiger partial charge in [-0.2, -0.15) is 5.10 Å². The van der Waals surface area contributed by atoms with Gasteiger partial charge < -0.3 is 0 Å². The molecule has 0 saturated heterocycles. The van der Waals surface area contributed by atoms with Crippen LogP contribution in [0.3, 0.4) is 0 Å². The Kier molecular flexibility index (Phi) is 6.22. The van der Waals surface area contributed by atoms with Gasteiger partial charge in [-0.3, -0.25) is 9.80 Å². The number of carbonyl (C=O) groups excluding carboxylic acids is 1. The van der Waals surface area contributed by atoms with E-state index in [1.165, 1.54) is 18.9 Å². The van der Waals surface area contributed by atoms with E-state index < -0.39 is 0 Å². The van der Waals surface area contributed by atoms with Crippen LogP contribution in [0.5, 0.6) is 0 Å². The molecule has 0 amide bonds. The minimum atomic E-state index is -0.201. The molecule has 136 valence electrons. The van der Waals surface area contributed by atoms with Gasteiger partial charge in [-0.15, -0.1) is 0 Å². The van der Waals surface area contributed by atoms with E-state index in [0.717, 1.165) is 38.6 Å². The molecule has 1 aromatic carbocycles. The Balaban J connectivity index is 1.72. The van der Waals surface area contributed by atoms with Crippen LogP contribution in [-0.2, 0) is 4.79 Å². The highest BCUT2D eigenvalue weighted by Gasteiger charge is 2.33. The summed E-state index contributed by atoms with van der Waals surface area (Å²) in [5.41, 5.74) is 1.31. The van der Waals surface area contributed by atoms with Crippen LogP contribution in [-0.4, -0.2) is 23.0 Å². The maximum atomic E-state index is 14.3. The van der Waals surface area contributed by atoms with Crippen molar-refractivity contribution in [3.8, 4) is 0 Å². The number of Topliss-reactive ketones (excluding diaryl/α,β-unsaturated/α-hetero) is 1. The molecule has 1 aromatic rings. The van der Waals surface area contributed by atoms with E-state index in [1.807, 2.05) is 17.1 Å². The zero-order valence-electron chi connectivity index (χ0n) is 15.2. The summed E-state index contributed by atoms with van der Waals surface area (Å²) in [5.74, 6) is 0.496. The van der Waals surface area contributed by atoms with Gasteiger partial charge in [0.05, 0.1) is 6.04 Å². The maximum absolute atomic E-state index is 14.3. The topological polar surface area (TPSA) is 32.7 Å². The van der Waals surface area contributed by atoms with Crippen molar-refractivity contribution >= 4 is 11.5 Å². The fourth-order valence-corrected chi connectivity index (χ4v) is 4.06. The molecular formula is C21H29FN2O. The maximum Gasteiger partial charge on any atom is 0.179 e. The van der Waals surface area contributed by atoms with Crippen molar-refractivity contribution in [2.45, 2.75) is 70.8 Å². The lowest BCUT2D eigenvalue weighted by Crippen LogP contribution is -2.21. The largest absolute Gasteiger partial charge is 0.293 e. The van der Waals surface area contributed by atoms with Gasteiger partial charge in [0.1, 0.15) is 11.5 Å². The van der Waals surface area contributed by atoms with Crippen LogP contribution in [0.1, 0.15) is 76.3 Å². The first-order valence-corrected chi connectivity index (χ1v) is 9.80. The molecule has 1 saturated carbocycles. The highest BCUT2D eigenvalue weighted by Crippen LogP contribution is 2.34. The molecule has 0 radical (unpaired) electrons. The summed E-state index contributed by atoms with van der Waals surface area (Å²) in [6.45, 7) is 2.95. The first kappa shape index (κ1) is 18.1.